The van der Waals surface area contributed by atoms with Gasteiger partial charge in [-0.1, -0.05) is 26.0 Å². The molecule has 1 fully saturated rings. The van der Waals surface area contributed by atoms with Crippen molar-refractivity contribution in [1.29, 1.82) is 0 Å². The highest BCUT2D eigenvalue weighted by Gasteiger charge is 2.25. The number of rotatable bonds is 3. The fourth-order valence-corrected chi connectivity index (χ4v) is 2.47. The molecule has 0 radical (unpaired) electrons. The summed E-state index contributed by atoms with van der Waals surface area (Å²) in [5.41, 5.74) is 8.00. The number of benzene rings is 1. The van der Waals surface area contributed by atoms with Gasteiger partial charge in [-0.05, 0) is 36.0 Å². The lowest BCUT2D eigenvalue weighted by Gasteiger charge is -2.15. The minimum Gasteiger partial charge on any atom is -0.399 e. The first kappa shape index (κ1) is 17.6. The van der Waals surface area contributed by atoms with E-state index in [1.165, 1.54) is 18.7 Å². The van der Waals surface area contributed by atoms with Gasteiger partial charge in [0.1, 0.15) is 0 Å². The summed E-state index contributed by atoms with van der Waals surface area (Å²) in [4.78, 5) is 2.57. The van der Waals surface area contributed by atoms with E-state index in [2.05, 4.69) is 30.9 Å². The van der Waals surface area contributed by atoms with Gasteiger partial charge < -0.3 is 10.6 Å². The quantitative estimate of drug-likeness (QED) is 0.866. The standard InChI is InChI=1S/C14H22N2.2ClH/c1-11-9-16(10-12(11)2)7-6-13-4-3-5-14(15)8-13;;/h3-5,8,11-12H,6-7,9-10,15H2,1-2H3;2*1H. The van der Waals surface area contributed by atoms with Gasteiger partial charge in [0.05, 0.1) is 0 Å². The molecule has 1 aliphatic heterocycles. The second kappa shape index (κ2) is 7.88. The maximum Gasteiger partial charge on any atom is 0.0316 e. The Morgan fingerprint density at radius 3 is 2.33 bits per heavy atom. The van der Waals surface area contributed by atoms with Crippen LogP contribution in [0.15, 0.2) is 24.3 Å². The van der Waals surface area contributed by atoms with Crippen LogP contribution in [0.25, 0.3) is 0 Å². The predicted octanol–water partition coefficient (Wildman–Crippen LogP) is 3.24. The first-order chi connectivity index (χ1) is 7.65. The van der Waals surface area contributed by atoms with Gasteiger partial charge in [0, 0.05) is 25.3 Å². The molecular weight excluding hydrogens is 267 g/mol. The van der Waals surface area contributed by atoms with Crippen molar-refractivity contribution in [2.45, 2.75) is 20.3 Å². The predicted molar refractivity (Wildman–Crippen MR) is 83.8 cm³/mol. The maximum atomic E-state index is 5.77. The van der Waals surface area contributed by atoms with E-state index in [1.807, 2.05) is 12.1 Å². The molecule has 0 saturated carbocycles. The summed E-state index contributed by atoms with van der Waals surface area (Å²) in [6, 6.07) is 8.24. The molecule has 0 aromatic heterocycles. The van der Waals surface area contributed by atoms with E-state index in [0.717, 1.165) is 30.5 Å². The average molecular weight is 291 g/mol. The molecule has 1 aromatic carbocycles. The second-order valence-corrected chi connectivity index (χ2v) is 5.21. The number of hydrogen-bond donors (Lipinski definition) is 1. The van der Waals surface area contributed by atoms with Gasteiger partial charge in [-0.25, -0.2) is 0 Å². The minimum absolute atomic E-state index is 0. The van der Waals surface area contributed by atoms with Gasteiger partial charge in [-0.2, -0.15) is 0 Å². The monoisotopic (exact) mass is 290 g/mol. The molecule has 1 aromatic rings. The Morgan fingerprint density at radius 2 is 1.78 bits per heavy atom. The summed E-state index contributed by atoms with van der Waals surface area (Å²) in [6.45, 7) is 8.38. The summed E-state index contributed by atoms with van der Waals surface area (Å²) in [7, 11) is 0. The number of halogens is 2. The van der Waals surface area contributed by atoms with Crippen LogP contribution in [0, 0.1) is 11.8 Å². The van der Waals surface area contributed by atoms with Gasteiger partial charge >= 0.3 is 0 Å². The molecule has 1 heterocycles. The van der Waals surface area contributed by atoms with Gasteiger partial charge in [-0.15, -0.1) is 24.8 Å². The van der Waals surface area contributed by atoms with Crippen molar-refractivity contribution in [2.75, 3.05) is 25.4 Å². The third-order valence-electron chi connectivity index (χ3n) is 3.73. The van der Waals surface area contributed by atoms with Gasteiger partial charge in [0.2, 0.25) is 0 Å². The number of nitrogen functional groups attached to an aromatic ring is 1. The minimum atomic E-state index is 0. The third-order valence-corrected chi connectivity index (χ3v) is 3.73. The Balaban J connectivity index is 0.00000144. The van der Waals surface area contributed by atoms with Crippen LogP contribution in [0.4, 0.5) is 5.69 Å². The van der Waals surface area contributed by atoms with E-state index >= 15 is 0 Å². The molecule has 0 bridgehead atoms. The van der Waals surface area contributed by atoms with Crippen molar-refractivity contribution in [3.63, 3.8) is 0 Å². The Hall–Kier alpha value is -0.440. The van der Waals surface area contributed by atoms with Crippen molar-refractivity contribution in [3.05, 3.63) is 29.8 Å². The first-order valence-electron chi connectivity index (χ1n) is 6.22. The molecule has 104 valence electrons. The molecule has 0 spiro atoms. The van der Waals surface area contributed by atoms with Crippen molar-refractivity contribution < 1.29 is 0 Å². The Kier molecular flexibility index (Phi) is 7.69. The van der Waals surface area contributed by atoms with Crippen molar-refractivity contribution in [1.82, 2.24) is 4.90 Å². The summed E-state index contributed by atoms with van der Waals surface area (Å²) >= 11 is 0. The first-order valence-corrected chi connectivity index (χ1v) is 6.22. The number of anilines is 1. The van der Waals surface area contributed by atoms with E-state index in [-0.39, 0.29) is 24.8 Å². The van der Waals surface area contributed by atoms with Gasteiger partial charge in [0.25, 0.3) is 0 Å². The lowest BCUT2D eigenvalue weighted by atomic mass is 10.0. The third kappa shape index (κ3) is 4.68. The molecule has 2 rings (SSSR count). The van der Waals surface area contributed by atoms with Crippen LogP contribution < -0.4 is 5.73 Å². The maximum absolute atomic E-state index is 5.77. The Morgan fingerprint density at radius 1 is 1.17 bits per heavy atom. The summed E-state index contributed by atoms with van der Waals surface area (Å²) in [5.74, 6) is 1.70. The van der Waals surface area contributed by atoms with Crippen LogP contribution in [0.2, 0.25) is 0 Å². The molecule has 2 N–H and O–H groups in total. The molecular formula is C14H24Cl2N2. The zero-order valence-corrected chi connectivity index (χ0v) is 12.8. The van der Waals surface area contributed by atoms with Gasteiger partial charge in [-0.3, -0.25) is 0 Å². The zero-order valence-electron chi connectivity index (χ0n) is 11.1. The largest absolute Gasteiger partial charge is 0.399 e. The van der Waals surface area contributed by atoms with Crippen LogP contribution in [-0.4, -0.2) is 24.5 Å². The van der Waals surface area contributed by atoms with Crippen molar-refractivity contribution in [3.8, 4) is 0 Å². The highest BCUT2D eigenvalue weighted by Crippen LogP contribution is 2.22. The molecule has 18 heavy (non-hydrogen) atoms. The molecule has 0 amide bonds. The lowest BCUT2D eigenvalue weighted by Crippen LogP contribution is -2.23. The SMILES string of the molecule is CC1CN(CCc2cccc(N)c2)CC1C.Cl.Cl. The van der Waals surface area contributed by atoms with E-state index in [9.17, 15) is 0 Å². The van der Waals surface area contributed by atoms with E-state index < -0.39 is 0 Å². The summed E-state index contributed by atoms with van der Waals surface area (Å²) in [6.07, 6.45) is 1.12. The molecule has 2 unspecified atom stereocenters. The molecule has 2 atom stereocenters. The van der Waals surface area contributed by atoms with Crippen LogP contribution in [0.1, 0.15) is 19.4 Å². The fraction of sp³-hybridized carbons (Fsp3) is 0.571. The molecule has 2 nitrogen and oxygen atoms in total. The summed E-state index contributed by atoms with van der Waals surface area (Å²) < 4.78 is 0. The number of hydrogen-bond acceptors (Lipinski definition) is 2. The van der Waals surface area contributed by atoms with Crippen LogP contribution in [0.5, 0.6) is 0 Å². The number of nitrogens with two attached hydrogens (primary N) is 1. The lowest BCUT2D eigenvalue weighted by molar-refractivity contribution is 0.328. The van der Waals surface area contributed by atoms with E-state index in [1.54, 1.807) is 0 Å². The van der Waals surface area contributed by atoms with Crippen molar-refractivity contribution >= 4 is 30.5 Å². The highest BCUT2D eigenvalue weighted by molar-refractivity contribution is 5.85. The van der Waals surface area contributed by atoms with Gasteiger partial charge in [0.15, 0.2) is 0 Å². The Bertz CT molecular complexity index is 347. The number of nitrogens with zero attached hydrogens (tertiary/aromatic N) is 1. The molecule has 4 heteroatoms. The Labute approximate surface area is 123 Å². The average Bonchev–Trinajstić information content (AvgIpc) is 2.56. The van der Waals surface area contributed by atoms with E-state index in [0.29, 0.717) is 0 Å². The van der Waals surface area contributed by atoms with E-state index in [4.69, 9.17) is 5.73 Å². The molecule has 1 aliphatic rings. The van der Waals surface area contributed by atoms with Crippen molar-refractivity contribution in [2.24, 2.45) is 11.8 Å². The second-order valence-electron chi connectivity index (χ2n) is 5.21. The van der Waals surface area contributed by atoms with Crippen LogP contribution >= 0.6 is 24.8 Å². The molecule has 1 saturated heterocycles. The zero-order chi connectivity index (χ0) is 11.5. The van der Waals surface area contributed by atoms with Crippen LogP contribution in [0.3, 0.4) is 0 Å². The number of likely N-dealkylation sites (tertiary alicyclic amines) is 1. The highest BCUT2D eigenvalue weighted by atomic mass is 35.5. The fourth-order valence-electron chi connectivity index (χ4n) is 2.47. The molecule has 0 aliphatic carbocycles. The van der Waals surface area contributed by atoms with Crippen LogP contribution in [-0.2, 0) is 6.42 Å². The summed E-state index contributed by atoms with van der Waals surface area (Å²) in [5, 5.41) is 0. The topological polar surface area (TPSA) is 29.3 Å². The smallest absolute Gasteiger partial charge is 0.0316 e. The normalized spacial score (nSPS) is 23.2.